The lowest BCUT2D eigenvalue weighted by molar-refractivity contribution is -0.204. The Balaban J connectivity index is 1.27. The van der Waals surface area contributed by atoms with Gasteiger partial charge >= 0.3 is 5.92 Å². The number of anilines is 1. The number of hydrogen-bond donors (Lipinski definition) is 3. The molecule has 1 aromatic heterocycles. The van der Waals surface area contributed by atoms with Crippen molar-refractivity contribution in [3.05, 3.63) is 46.8 Å². The maximum atomic E-state index is 15.4. The summed E-state index contributed by atoms with van der Waals surface area (Å²) in [5.74, 6) is -7.09. The van der Waals surface area contributed by atoms with Gasteiger partial charge in [-0.05, 0) is 75.5 Å². The highest BCUT2D eigenvalue weighted by molar-refractivity contribution is 6.31. The number of aliphatic hydroxyl groups is 2. The van der Waals surface area contributed by atoms with E-state index in [0.717, 1.165) is 11.0 Å². The highest BCUT2D eigenvalue weighted by atomic mass is 35.5. The van der Waals surface area contributed by atoms with Crippen LogP contribution in [0.1, 0.15) is 67.5 Å². The molecule has 3 fully saturated rings. The van der Waals surface area contributed by atoms with E-state index in [9.17, 15) is 24.2 Å². The number of aromatic nitrogens is 2. The summed E-state index contributed by atoms with van der Waals surface area (Å²) in [6.07, 6.45) is 2.37. The standard InChI is InChI=1S/C27H32ClF3N4O4/c1-25(38)5-7-35(8-6-25)24(37)27(30,31)26(39)12-16-9-15(10-17(16)13-26)21-22(34(2)14-32-21)23(36)33-18-3-4-20(29)19(28)11-18/h3-4,11,14-17,38-39H,5-10,12-13H2,1-2H3,(H,33,36). The van der Waals surface area contributed by atoms with Crippen LogP contribution in [0.2, 0.25) is 5.02 Å². The molecular weight excluding hydrogens is 537 g/mol. The summed E-state index contributed by atoms with van der Waals surface area (Å²) in [5.41, 5.74) is -2.29. The molecule has 3 aliphatic rings. The molecule has 39 heavy (non-hydrogen) atoms. The summed E-state index contributed by atoms with van der Waals surface area (Å²) in [7, 11) is 1.67. The third-order valence-corrected chi connectivity index (χ3v) is 9.06. The van der Waals surface area contributed by atoms with E-state index in [1.807, 2.05) is 0 Å². The zero-order valence-corrected chi connectivity index (χ0v) is 22.5. The number of hydrogen-bond acceptors (Lipinski definition) is 5. The lowest BCUT2D eigenvalue weighted by atomic mass is 9.86. The molecule has 2 amide bonds. The molecule has 8 nitrogen and oxygen atoms in total. The molecule has 1 saturated heterocycles. The van der Waals surface area contributed by atoms with Crippen molar-refractivity contribution in [2.75, 3.05) is 18.4 Å². The third-order valence-electron chi connectivity index (χ3n) is 8.77. The molecule has 2 aliphatic carbocycles. The van der Waals surface area contributed by atoms with Crippen LogP contribution in [-0.4, -0.2) is 66.7 Å². The van der Waals surface area contributed by atoms with Gasteiger partial charge in [-0.25, -0.2) is 9.37 Å². The van der Waals surface area contributed by atoms with Crippen molar-refractivity contribution in [1.82, 2.24) is 14.5 Å². The van der Waals surface area contributed by atoms with Crippen LogP contribution in [-0.2, 0) is 11.8 Å². The zero-order chi connectivity index (χ0) is 28.3. The molecule has 2 aromatic rings. The van der Waals surface area contributed by atoms with Gasteiger partial charge in [0.15, 0.2) is 0 Å². The first-order valence-corrected chi connectivity index (χ1v) is 13.5. The predicted octanol–water partition coefficient (Wildman–Crippen LogP) is 4.11. The lowest BCUT2D eigenvalue weighted by Crippen LogP contribution is -2.59. The minimum absolute atomic E-state index is 0.0150. The maximum absolute atomic E-state index is 15.4. The van der Waals surface area contributed by atoms with Crippen molar-refractivity contribution >= 4 is 29.1 Å². The monoisotopic (exact) mass is 568 g/mol. The van der Waals surface area contributed by atoms with Gasteiger partial charge in [-0.3, -0.25) is 9.59 Å². The number of alkyl halides is 2. The van der Waals surface area contributed by atoms with Crippen molar-refractivity contribution in [3.8, 4) is 0 Å². The molecular formula is C27H32ClF3N4O4. The molecule has 12 heteroatoms. The highest BCUT2D eigenvalue weighted by Gasteiger charge is 2.65. The number of amides is 2. The number of carbonyl (C=O) groups is 2. The van der Waals surface area contributed by atoms with Crippen LogP contribution in [0, 0.1) is 17.7 Å². The Morgan fingerprint density at radius 1 is 1.15 bits per heavy atom. The van der Waals surface area contributed by atoms with Gasteiger partial charge in [0, 0.05) is 31.7 Å². The Kier molecular flexibility index (Phi) is 7.00. The molecule has 5 rings (SSSR count). The Hall–Kier alpha value is -2.63. The van der Waals surface area contributed by atoms with E-state index in [2.05, 4.69) is 10.3 Å². The second-order valence-corrected chi connectivity index (χ2v) is 12.1. The zero-order valence-electron chi connectivity index (χ0n) is 21.8. The Labute approximate surface area is 229 Å². The largest absolute Gasteiger partial charge is 0.390 e. The minimum Gasteiger partial charge on any atom is -0.390 e. The molecule has 0 bridgehead atoms. The minimum atomic E-state index is -3.94. The van der Waals surface area contributed by atoms with E-state index >= 15 is 8.78 Å². The van der Waals surface area contributed by atoms with Crippen LogP contribution in [0.25, 0.3) is 0 Å². The number of likely N-dealkylation sites (tertiary alicyclic amines) is 1. The normalized spacial score (nSPS) is 28.4. The average molecular weight is 569 g/mol. The third kappa shape index (κ3) is 5.04. The fourth-order valence-electron chi connectivity index (χ4n) is 6.52. The van der Waals surface area contributed by atoms with Crippen LogP contribution in [0.3, 0.4) is 0 Å². The van der Waals surface area contributed by atoms with Gasteiger partial charge in [-0.1, -0.05) is 11.6 Å². The predicted molar refractivity (Wildman–Crippen MR) is 137 cm³/mol. The number of nitrogens with zero attached hydrogens (tertiary/aromatic N) is 3. The Bertz CT molecular complexity index is 1280. The molecule has 0 spiro atoms. The van der Waals surface area contributed by atoms with Crippen molar-refractivity contribution in [2.45, 2.75) is 68.5 Å². The van der Waals surface area contributed by atoms with Crippen molar-refractivity contribution in [3.63, 3.8) is 0 Å². The molecule has 2 atom stereocenters. The van der Waals surface area contributed by atoms with Crippen molar-refractivity contribution in [1.29, 1.82) is 0 Å². The van der Waals surface area contributed by atoms with E-state index in [1.54, 1.807) is 18.5 Å². The van der Waals surface area contributed by atoms with E-state index in [4.69, 9.17) is 11.6 Å². The first-order chi connectivity index (χ1) is 18.2. The molecule has 2 heterocycles. The lowest BCUT2D eigenvalue weighted by Gasteiger charge is -2.40. The summed E-state index contributed by atoms with van der Waals surface area (Å²) >= 11 is 5.82. The summed E-state index contributed by atoms with van der Waals surface area (Å²) in [4.78, 5) is 31.4. The second-order valence-electron chi connectivity index (χ2n) is 11.7. The maximum Gasteiger partial charge on any atom is 0.352 e. The molecule has 212 valence electrons. The fourth-order valence-corrected chi connectivity index (χ4v) is 6.70. The second kappa shape index (κ2) is 9.78. The van der Waals surface area contributed by atoms with E-state index < -0.39 is 34.8 Å². The summed E-state index contributed by atoms with van der Waals surface area (Å²) in [6.45, 7) is 1.65. The molecule has 2 unspecified atom stereocenters. The number of rotatable bonds is 5. The first kappa shape index (κ1) is 27.9. The fraction of sp³-hybridized carbons (Fsp3) is 0.593. The van der Waals surface area contributed by atoms with Crippen LogP contribution < -0.4 is 5.32 Å². The molecule has 1 aromatic carbocycles. The van der Waals surface area contributed by atoms with Gasteiger partial charge < -0.3 is 25.0 Å². The topological polar surface area (TPSA) is 108 Å². The molecule has 3 N–H and O–H groups in total. The summed E-state index contributed by atoms with van der Waals surface area (Å²) in [6, 6.07) is 3.85. The SMILES string of the molecule is Cn1cnc(C2CC3CC(O)(C(F)(F)C(=O)N4CCC(C)(O)CC4)CC3C2)c1C(=O)Nc1ccc(F)c(Cl)c1. The van der Waals surface area contributed by atoms with Gasteiger partial charge in [0.05, 0.1) is 22.6 Å². The van der Waals surface area contributed by atoms with Crippen LogP contribution in [0.4, 0.5) is 18.9 Å². The number of piperidine rings is 1. The number of nitrogens with one attached hydrogen (secondary N) is 1. The van der Waals surface area contributed by atoms with Gasteiger partial charge in [-0.2, -0.15) is 8.78 Å². The van der Waals surface area contributed by atoms with Gasteiger partial charge in [0.1, 0.15) is 17.1 Å². The molecule has 1 aliphatic heterocycles. The number of aryl methyl sites for hydroxylation is 1. The number of imidazole rings is 1. The smallest absolute Gasteiger partial charge is 0.352 e. The van der Waals surface area contributed by atoms with Gasteiger partial charge in [0.2, 0.25) is 0 Å². The van der Waals surface area contributed by atoms with E-state index in [1.165, 1.54) is 18.5 Å². The van der Waals surface area contributed by atoms with Gasteiger partial charge in [0.25, 0.3) is 11.8 Å². The summed E-state index contributed by atoms with van der Waals surface area (Å²) < 4.78 is 45.9. The molecule has 0 radical (unpaired) electrons. The quantitative estimate of drug-likeness (QED) is 0.503. The van der Waals surface area contributed by atoms with Crippen molar-refractivity contribution < 1.29 is 33.0 Å². The van der Waals surface area contributed by atoms with Crippen molar-refractivity contribution in [2.24, 2.45) is 18.9 Å². The van der Waals surface area contributed by atoms with Gasteiger partial charge in [-0.15, -0.1) is 0 Å². The first-order valence-electron chi connectivity index (χ1n) is 13.1. The Morgan fingerprint density at radius 3 is 2.36 bits per heavy atom. The van der Waals surface area contributed by atoms with Crippen LogP contribution in [0.15, 0.2) is 24.5 Å². The van der Waals surface area contributed by atoms with E-state index in [-0.39, 0.29) is 61.5 Å². The van der Waals surface area contributed by atoms with Crippen LogP contribution >= 0.6 is 11.6 Å². The number of fused-ring (bicyclic) bond motifs is 1. The number of carbonyl (C=O) groups excluding carboxylic acids is 2. The number of benzene rings is 1. The molecule has 2 saturated carbocycles. The highest BCUT2D eigenvalue weighted by Crippen LogP contribution is 2.57. The Morgan fingerprint density at radius 2 is 1.77 bits per heavy atom. The number of halogens is 4. The van der Waals surface area contributed by atoms with Crippen LogP contribution in [0.5, 0.6) is 0 Å². The summed E-state index contributed by atoms with van der Waals surface area (Å²) in [5, 5.41) is 23.7. The average Bonchev–Trinajstić information content (AvgIpc) is 3.52. The van der Waals surface area contributed by atoms with E-state index in [0.29, 0.717) is 29.9 Å².